The fourth-order valence-corrected chi connectivity index (χ4v) is 2.68. The highest BCUT2D eigenvalue weighted by Gasteiger charge is 2.20. The monoisotopic (exact) mass is 289 g/mol. The fraction of sp³-hybridized carbons (Fsp3) is 0.467. The van der Waals surface area contributed by atoms with E-state index in [0.29, 0.717) is 12.5 Å². The van der Waals surface area contributed by atoms with Crippen LogP contribution in [0.2, 0.25) is 0 Å². The Hall–Kier alpha value is -1.49. The van der Waals surface area contributed by atoms with E-state index in [2.05, 4.69) is 16.1 Å². The maximum atomic E-state index is 5.86. The van der Waals surface area contributed by atoms with Crippen LogP contribution in [0.15, 0.2) is 24.3 Å². The van der Waals surface area contributed by atoms with Crippen LogP contribution < -0.4 is 9.64 Å². The van der Waals surface area contributed by atoms with Gasteiger partial charge in [-0.25, -0.2) is 9.97 Å². The van der Waals surface area contributed by atoms with Gasteiger partial charge in [0.15, 0.2) is 5.82 Å². The van der Waals surface area contributed by atoms with Crippen molar-refractivity contribution in [3.05, 3.63) is 24.3 Å². The standard InChI is InChI=1S/C15H19N3OS/c1-20-11-10-19-15-14(18-8-4-5-9-18)16-12-6-2-3-7-13(12)17-15/h2-3,6-7H,4-5,8-11H2,1H3. The lowest BCUT2D eigenvalue weighted by molar-refractivity contribution is 0.331. The first-order valence-electron chi connectivity index (χ1n) is 7.02. The highest BCUT2D eigenvalue weighted by molar-refractivity contribution is 7.98. The van der Waals surface area contributed by atoms with E-state index >= 15 is 0 Å². The van der Waals surface area contributed by atoms with Gasteiger partial charge < -0.3 is 9.64 Å². The molecule has 20 heavy (non-hydrogen) atoms. The van der Waals surface area contributed by atoms with Crippen LogP contribution in [0.4, 0.5) is 5.82 Å². The third-order valence-electron chi connectivity index (χ3n) is 3.45. The van der Waals surface area contributed by atoms with Crippen LogP contribution in [0.5, 0.6) is 5.88 Å². The van der Waals surface area contributed by atoms with Crippen molar-refractivity contribution in [2.24, 2.45) is 0 Å². The molecule has 0 amide bonds. The van der Waals surface area contributed by atoms with Crippen molar-refractivity contribution < 1.29 is 4.74 Å². The van der Waals surface area contributed by atoms with E-state index in [-0.39, 0.29) is 0 Å². The van der Waals surface area contributed by atoms with E-state index in [9.17, 15) is 0 Å². The Morgan fingerprint density at radius 2 is 1.85 bits per heavy atom. The fourth-order valence-electron chi connectivity index (χ4n) is 2.43. The molecular formula is C15H19N3OS. The smallest absolute Gasteiger partial charge is 0.258 e. The molecule has 1 fully saturated rings. The maximum Gasteiger partial charge on any atom is 0.258 e. The minimum atomic E-state index is 0.676. The van der Waals surface area contributed by atoms with Gasteiger partial charge in [0, 0.05) is 18.8 Å². The molecule has 1 aliphatic rings. The second-order valence-corrected chi connectivity index (χ2v) is 5.86. The maximum absolute atomic E-state index is 5.86. The Balaban J connectivity index is 1.96. The van der Waals surface area contributed by atoms with Crippen molar-refractivity contribution in [2.75, 3.05) is 36.6 Å². The van der Waals surface area contributed by atoms with Crippen LogP contribution in [0.25, 0.3) is 11.0 Å². The van der Waals surface area contributed by atoms with Crippen LogP contribution >= 0.6 is 11.8 Å². The van der Waals surface area contributed by atoms with Gasteiger partial charge in [0.05, 0.1) is 17.6 Å². The first-order chi connectivity index (χ1) is 9.88. The number of hydrogen-bond acceptors (Lipinski definition) is 5. The van der Waals surface area contributed by atoms with Crippen molar-refractivity contribution >= 4 is 28.6 Å². The van der Waals surface area contributed by atoms with Crippen molar-refractivity contribution in [3.8, 4) is 5.88 Å². The minimum Gasteiger partial charge on any atom is -0.474 e. The van der Waals surface area contributed by atoms with E-state index in [1.807, 2.05) is 24.3 Å². The van der Waals surface area contributed by atoms with Gasteiger partial charge in [0.25, 0.3) is 5.88 Å². The molecule has 3 rings (SSSR count). The van der Waals surface area contributed by atoms with Crippen LogP contribution in [-0.2, 0) is 0 Å². The summed E-state index contributed by atoms with van der Waals surface area (Å²) in [7, 11) is 0. The zero-order valence-corrected chi connectivity index (χ0v) is 12.5. The second kappa shape index (κ2) is 6.31. The van der Waals surface area contributed by atoms with Crippen LogP contribution in [0.1, 0.15) is 12.8 Å². The third kappa shape index (κ3) is 2.82. The number of thioether (sulfide) groups is 1. The normalized spacial score (nSPS) is 14.9. The predicted octanol–water partition coefficient (Wildman–Crippen LogP) is 2.97. The van der Waals surface area contributed by atoms with Gasteiger partial charge in [0.2, 0.25) is 0 Å². The summed E-state index contributed by atoms with van der Waals surface area (Å²) in [4.78, 5) is 11.7. The Morgan fingerprint density at radius 3 is 2.55 bits per heavy atom. The van der Waals surface area contributed by atoms with E-state index in [0.717, 1.165) is 35.7 Å². The lowest BCUT2D eigenvalue weighted by Crippen LogP contribution is -2.21. The van der Waals surface area contributed by atoms with Crippen molar-refractivity contribution in [3.63, 3.8) is 0 Å². The van der Waals surface area contributed by atoms with Crippen LogP contribution in [0, 0.1) is 0 Å². The summed E-state index contributed by atoms with van der Waals surface area (Å²) in [5.41, 5.74) is 1.83. The Labute approximate surface area is 123 Å². The highest BCUT2D eigenvalue weighted by atomic mass is 32.2. The number of ether oxygens (including phenoxy) is 1. The number of anilines is 1. The molecule has 1 aliphatic heterocycles. The van der Waals surface area contributed by atoms with E-state index in [1.54, 1.807) is 11.8 Å². The van der Waals surface area contributed by atoms with Gasteiger partial charge in [-0.2, -0.15) is 11.8 Å². The zero-order chi connectivity index (χ0) is 13.8. The summed E-state index contributed by atoms with van der Waals surface area (Å²) < 4.78 is 5.86. The van der Waals surface area contributed by atoms with Gasteiger partial charge in [-0.15, -0.1) is 0 Å². The number of hydrogen-bond donors (Lipinski definition) is 0. The third-order valence-corrected chi connectivity index (χ3v) is 4.03. The molecule has 1 aromatic carbocycles. The van der Waals surface area contributed by atoms with Gasteiger partial charge in [-0.05, 0) is 31.2 Å². The lowest BCUT2D eigenvalue weighted by atomic mass is 10.3. The molecule has 2 heterocycles. The molecule has 1 aromatic heterocycles. The molecule has 0 radical (unpaired) electrons. The Morgan fingerprint density at radius 1 is 1.15 bits per heavy atom. The molecule has 0 aliphatic carbocycles. The molecule has 4 nitrogen and oxygen atoms in total. The van der Waals surface area contributed by atoms with E-state index < -0.39 is 0 Å². The first-order valence-corrected chi connectivity index (χ1v) is 8.41. The molecule has 0 N–H and O–H groups in total. The molecule has 0 bridgehead atoms. The largest absolute Gasteiger partial charge is 0.474 e. The molecule has 0 unspecified atom stereocenters. The van der Waals surface area contributed by atoms with Crippen molar-refractivity contribution in [1.29, 1.82) is 0 Å². The topological polar surface area (TPSA) is 38.3 Å². The number of aromatic nitrogens is 2. The van der Waals surface area contributed by atoms with Gasteiger partial charge in [-0.1, -0.05) is 12.1 Å². The van der Waals surface area contributed by atoms with Crippen LogP contribution in [0.3, 0.4) is 0 Å². The summed E-state index contributed by atoms with van der Waals surface area (Å²) in [6.07, 6.45) is 4.52. The van der Waals surface area contributed by atoms with E-state index in [1.165, 1.54) is 12.8 Å². The molecular weight excluding hydrogens is 270 g/mol. The summed E-state index contributed by atoms with van der Waals surface area (Å²) in [6, 6.07) is 7.97. The summed E-state index contributed by atoms with van der Waals surface area (Å²) >= 11 is 1.78. The van der Waals surface area contributed by atoms with Crippen molar-refractivity contribution in [1.82, 2.24) is 9.97 Å². The quantitative estimate of drug-likeness (QED) is 0.791. The molecule has 0 spiro atoms. The summed E-state index contributed by atoms with van der Waals surface area (Å²) in [5.74, 6) is 2.55. The number of nitrogens with zero attached hydrogens (tertiary/aromatic N) is 3. The summed E-state index contributed by atoms with van der Waals surface area (Å²) in [5, 5.41) is 0. The Bertz CT molecular complexity index is 584. The van der Waals surface area contributed by atoms with Gasteiger partial charge >= 0.3 is 0 Å². The number of fused-ring (bicyclic) bond motifs is 1. The Kier molecular flexibility index (Phi) is 4.25. The lowest BCUT2D eigenvalue weighted by Gasteiger charge is -2.19. The SMILES string of the molecule is CSCCOc1nc2ccccc2nc1N1CCCC1. The molecule has 106 valence electrons. The second-order valence-electron chi connectivity index (χ2n) is 4.88. The molecule has 0 saturated carbocycles. The molecule has 2 aromatic rings. The number of benzene rings is 1. The predicted molar refractivity (Wildman–Crippen MR) is 84.9 cm³/mol. The first kappa shape index (κ1) is 13.5. The zero-order valence-electron chi connectivity index (χ0n) is 11.7. The number of rotatable bonds is 5. The van der Waals surface area contributed by atoms with Crippen LogP contribution in [-0.4, -0.2) is 41.7 Å². The number of para-hydroxylation sites is 2. The highest BCUT2D eigenvalue weighted by Crippen LogP contribution is 2.29. The average molecular weight is 289 g/mol. The average Bonchev–Trinajstić information content (AvgIpc) is 3.01. The molecule has 1 saturated heterocycles. The van der Waals surface area contributed by atoms with Gasteiger partial charge in [-0.3, -0.25) is 0 Å². The minimum absolute atomic E-state index is 0.676. The molecule has 5 heteroatoms. The molecule has 0 atom stereocenters. The summed E-state index contributed by atoms with van der Waals surface area (Å²) in [6.45, 7) is 2.77. The van der Waals surface area contributed by atoms with Crippen molar-refractivity contribution in [2.45, 2.75) is 12.8 Å². The van der Waals surface area contributed by atoms with Gasteiger partial charge in [0.1, 0.15) is 0 Å². The van der Waals surface area contributed by atoms with E-state index in [4.69, 9.17) is 9.72 Å².